The Morgan fingerprint density at radius 3 is 2.29 bits per heavy atom. The highest BCUT2D eigenvalue weighted by Gasteiger charge is 2.38. The maximum atomic E-state index is 12.8. The van der Waals surface area contributed by atoms with Crippen molar-refractivity contribution in [1.29, 1.82) is 0 Å². The summed E-state index contributed by atoms with van der Waals surface area (Å²) < 4.78 is 35.0. The number of hydrogen-bond acceptors (Lipinski definition) is 6. The van der Waals surface area contributed by atoms with Crippen LogP contribution in [-0.2, 0) is 4.79 Å². The summed E-state index contributed by atoms with van der Waals surface area (Å²) in [7, 11) is 0. The van der Waals surface area contributed by atoms with Crippen LogP contribution in [0.3, 0.4) is 0 Å². The van der Waals surface area contributed by atoms with Gasteiger partial charge in [0.05, 0.1) is 10.7 Å². The van der Waals surface area contributed by atoms with Gasteiger partial charge in [-0.05, 0) is 26.0 Å². The van der Waals surface area contributed by atoms with E-state index in [1.54, 1.807) is 10.6 Å². The molecule has 184 valence electrons. The number of anilines is 1. The number of nitrogens with zero attached hydrogens (tertiary/aromatic N) is 4. The highest BCUT2D eigenvalue weighted by atomic mass is 35.5. The Morgan fingerprint density at radius 1 is 1.18 bits per heavy atom. The van der Waals surface area contributed by atoms with Gasteiger partial charge < -0.3 is 15.3 Å². The number of alkyl halides is 3. The van der Waals surface area contributed by atoms with Gasteiger partial charge in [0.25, 0.3) is 5.56 Å². The van der Waals surface area contributed by atoms with Crippen molar-refractivity contribution in [3.63, 3.8) is 0 Å². The predicted octanol–water partition coefficient (Wildman–Crippen LogP) is 2.15. The minimum absolute atomic E-state index is 0.151. The number of nitrogens with one attached hydrogen (secondary N) is 2. The molecular formula is C20H22ClF3N6O4. The molecular weight excluding hydrogens is 481 g/mol. The third kappa shape index (κ3) is 5.09. The summed E-state index contributed by atoms with van der Waals surface area (Å²) in [5.41, 5.74) is 0.422. The number of carbonyl (C=O) groups is 1. The van der Waals surface area contributed by atoms with Crippen molar-refractivity contribution in [2.45, 2.75) is 26.1 Å². The van der Waals surface area contributed by atoms with Crippen LogP contribution in [0.1, 0.15) is 19.9 Å². The average molecular weight is 503 g/mol. The molecule has 10 nitrogen and oxygen atoms in total. The number of para-hydroxylation sites is 1. The number of piperazine rings is 1. The molecule has 4 rings (SSSR count). The summed E-state index contributed by atoms with van der Waals surface area (Å²) in [6.07, 6.45) is -5.08. The molecule has 34 heavy (non-hydrogen) atoms. The molecule has 0 amide bonds. The number of benzene rings is 1. The summed E-state index contributed by atoms with van der Waals surface area (Å²) in [5.74, 6) is -2.14. The molecule has 0 saturated carbocycles. The Labute approximate surface area is 195 Å². The van der Waals surface area contributed by atoms with Crippen molar-refractivity contribution >= 4 is 34.7 Å². The first-order chi connectivity index (χ1) is 15.9. The molecule has 0 bridgehead atoms. The Hall–Kier alpha value is -3.32. The number of halogens is 4. The molecule has 1 fully saturated rings. The second kappa shape index (κ2) is 9.89. The van der Waals surface area contributed by atoms with Gasteiger partial charge in [-0.15, -0.1) is 0 Å². The van der Waals surface area contributed by atoms with E-state index in [-0.39, 0.29) is 6.04 Å². The van der Waals surface area contributed by atoms with E-state index < -0.39 is 23.4 Å². The van der Waals surface area contributed by atoms with Gasteiger partial charge >= 0.3 is 17.8 Å². The number of H-pyrrole nitrogens is 1. The summed E-state index contributed by atoms with van der Waals surface area (Å²) in [5, 5.41) is 10.9. The number of carboxylic acid groups (broad SMARTS) is 1. The van der Waals surface area contributed by atoms with Gasteiger partial charge in [0.15, 0.2) is 11.2 Å². The molecule has 2 aromatic heterocycles. The van der Waals surface area contributed by atoms with Crippen molar-refractivity contribution in [2.24, 2.45) is 0 Å². The fraction of sp³-hybridized carbons (Fsp3) is 0.400. The highest BCUT2D eigenvalue weighted by Crippen LogP contribution is 2.30. The molecule has 1 aromatic carbocycles. The molecule has 3 aromatic rings. The lowest BCUT2D eigenvalue weighted by Crippen LogP contribution is -2.44. The molecule has 1 aliphatic heterocycles. The third-order valence-corrected chi connectivity index (χ3v) is 5.30. The van der Waals surface area contributed by atoms with Gasteiger partial charge in [-0.1, -0.05) is 23.7 Å². The van der Waals surface area contributed by atoms with Crippen molar-refractivity contribution < 1.29 is 23.1 Å². The molecule has 1 aliphatic rings. The molecule has 0 atom stereocenters. The van der Waals surface area contributed by atoms with Crippen LogP contribution in [0, 0.1) is 0 Å². The molecule has 0 spiro atoms. The van der Waals surface area contributed by atoms with E-state index >= 15 is 0 Å². The molecule has 1 saturated heterocycles. The van der Waals surface area contributed by atoms with E-state index in [0.29, 0.717) is 27.8 Å². The lowest BCUT2D eigenvalue weighted by Gasteiger charge is -2.28. The molecule has 0 aliphatic carbocycles. The molecule has 0 unspecified atom stereocenters. The first-order valence-electron chi connectivity index (χ1n) is 10.2. The van der Waals surface area contributed by atoms with Crippen LogP contribution in [0.5, 0.6) is 0 Å². The first-order valence-corrected chi connectivity index (χ1v) is 10.6. The minimum Gasteiger partial charge on any atom is -0.475 e. The zero-order valence-electron chi connectivity index (χ0n) is 18.2. The summed E-state index contributed by atoms with van der Waals surface area (Å²) >= 11 is 6.45. The maximum absolute atomic E-state index is 12.8. The monoisotopic (exact) mass is 502 g/mol. The number of aliphatic carboxylic acids is 1. The quantitative estimate of drug-likeness (QED) is 0.501. The van der Waals surface area contributed by atoms with Crippen molar-refractivity contribution in [3.05, 3.63) is 50.1 Å². The number of imidazole rings is 1. The molecule has 14 heteroatoms. The second-order valence-electron chi connectivity index (χ2n) is 7.63. The van der Waals surface area contributed by atoms with E-state index in [1.807, 2.05) is 32.0 Å². The molecule has 0 radical (unpaired) electrons. The second-order valence-corrected chi connectivity index (χ2v) is 8.04. The number of carboxylic acids is 1. The van der Waals surface area contributed by atoms with Gasteiger partial charge in [0, 0.05) is 32.2 Å². The van der Waals surface area contributed by atoms with E-state index in [9.17, 15) is 22.8 Å². The van der Waals surface area contributed by atoms with Crippen LogP contribution in [0.15, 0.2) is 33.9 Å². The summed E-state index contributed by atoms with van der Waals surface area (Å²) in [6, 6.07) is 7.17. The van der Waals surface area contributed by atoms with Crippen LogP contribution in [0.4, 0.5) is 19.1 Å². The lowest BCUT2D eigenvalue weighted by atomic mass is 10.3. The van der Waals surface area contributed by atoms with E-state index in [1.165, 1.54) is 4.57 Å². The fourth-order valence-electron chi connectivity index (χ4n) is 3.50. The van der Waals surface area contributed by atoms with Crippen LogP contribution >= 0.6 is 11.6 Å². The number of aromatic nitrogens is 4. The van der Waals surface area contributed by atoms with Gasteiger partial charge in [-0.25, -0.2) is 9.59 Å². The maximum Gasteiger partial charge on any atom is 0.490 e. The number of aromatic amines is 1. The third-order valence-electron chi connectivity index (χ3n) is 4.98. The van der Waals surface area contributed by atoms with E-state index in [4.69, 9.17) is 26.5 Å². The standard InChI is InChI=1S/C18H21ClN6O2.C2HF3O2/c1-11(2)24-15-14(16(26)22-18(24)27)25(13-6-4-3-5-12(13)19)17(21-15)23-9-7-20-8-10-23;3-2(4,5)1(6)7/h3-6,11,20H,7-10H2,1-2H3,(H,22,26,27);(H,6,7). The zero-order chi connectivity index (χ0) is 25.2. The predicted molar refractivity (Wildman–Crippen MR) is 120 cm³/mol. The summed E-state index contributed by atoms with van der Waals surface area (Å²) in [4.78, 5) is 43.3. The largest absolute Gasteiger partial charge is 0.490 e. The molecule has 3 heterocycles. The number of fused-ring (bicyclic) bond motifs is 1. The minimum atomic E-state index is -5.08. The fourth-order valence-corrected chi connectivity index (χ4v) is 3.72. The van der Waals surface area contributed by atoms with E-state index in [2.05, 4.69) is 15.2 Å². The SMILES string of the molecule is CC(C)n1c(=O)[nH]c(=O)c2c1nc(N1CCNCC1)n2-c1ccccc1Cl.O=C(O)C(F)(F)F. The van der Waals surface area contributed by atoms with Crippen LogP contribution < -0.4 is 21.5 Å². The van der Waals surface area contributed by atoms with Gasteiger partial charge in [-0.2, -0.15) is 18.2 Å². The van der Waals surface area contributed by atoms with Crippen LogP contribution in [0.25, 0.3) is 16.9 Å². The number of hydrogen-bond donors (Lipinski definition) is 3. The first kappa shape index (κ1) is 25.3. The lowest BCUT2D eigenvalue weighted by molar-refractivity contribution is -0.192. The van der Waals surface area contributed by atoms with Gasteiger partial charge in [0.1, 0.15) is 0 Å². The smallest absolute Gasteiger partial charge is 0.475 e. The van der Waals surface area contributed by atoms with Crippen molar-refractivity contribution in [2.75, 3.05) is 31.1 Å². The number of rotatable bonds is 3. The van der Waals surface area contributed by atoms with Crippen molar-refractivity contribution in [1.82, 2.24) is 24.4 Å². The van der Waals surface area contributed by atoms with Crippen LogP contribution in [0.2, 0.25) is 5.02 Å². The normalized spacial score (nSPS) is 14.3. The van der Waals surface area contributed by atoms with Gasteiger partial charge in [-0.3, -0.25) is 18.9 Å². The Balaban J connectivity index is 0.000000406. The molecule has 3 N–H and O–H groups in total. The van der Waals surface area contributed by atoms with Gasteiger partial charge in [0.2, 0.25) is 5.95 Å². The Bertz CT molecular complexity index is 1310. The summed E-state index contributed by atoms with van der Waals surface area (Å²) in [6.45, 7) is 6.91. The van der Waals surface area contributed by atoms with Crippen LogP contribution in [-0.4, -0.2) is 62.5 Å². The Morgan fingerprint density at radius 2 is 1.76 bits per heavy atom. The highest BCUT2D eigenvalue weighted by molar-refractivity contribution is 6.32. The topological polar surface area (TPSA) is 125 Å². The Kier molecular flexibility index (Phi) is 7.36. The average Bonchev–Trinajstić information content (AvgIpc) is 3.14. The van der Waals surface area contributed by atoms with E-state index in [0.717, 1.165) is 26.2 Å². The van der Waals surface area contributed by atoms with Crippen molar-refractivity contribution in [3.8, 4) is 5.69 Å². The zero-order valence-corrected chi connectivity index (χ0v) is 18.9.